The van der Waals surface area contributed by atoms with Gasteiger partial charge in [-0.3, -0.25) is 0 Å². The molecular weight excluding hydrogens is 160 g/mol. The van der Waals surface area contributed by atoms with Crippen molar-refractivity contribution < 1.29 is 5.11 Å². The summed E-state index contributed by atoms with van der Waals surface area (Å²) >= 11 is 0. The molecular formula is C12H14O. The lowest BCUT2D eigenvalue weighted by atomic mass is 9.79. The monoisotopic (exact) mass is 174 g/mol. The number of hydrogen-bond acceptors (Lipinski definition) is 1. The van der Waals surface area contributed by atoms with Crippen LogP contribution in [0.15, 0.2) is 0 Å². The molecule has 0 fully saturated rings. The molecule has 0 unspecified atom stereocenters. The molecule has 1 N–H and O–H groups in total. The van der Waals surface area contributed by atoms with Crippen LogP contribution in [-0.4, -0.2) is 5.11 Å². The van der Waals surface area contributed by atoms with Gasteiger partial charge < -0.3 is 5.11 Å². The first-order chi connectivity index (χ1) is 6.29. The first-order valence-corrected chi connectivity index (χ1v) is 5.14. The van der Waals surface area contributed by atoms with Gasteiger partial charge in [0.25, 0.3) is 0 Å². The summed E-state index contributed by atoms with van der Waals surface area (Å²) in [4.78, 5) is 0. The van der Waals surface area contributed by atoms with E-state index in [-0.39, 0.29) is 0 Å². The van der Waals surface area contributed by atoms with Crippen LogP contribution in [0.4, 0.5) is 0 Å². The van der Waals surface area contributed by atoms with E-state index >= 15 is 0 Å². The van der Waals surface area contributed by atoms with E-state index in [1.165, 1.54) is 42.4 Å². The van der Waals surface area contributed by atoms with Gasteiger partial charge >= 0.3 is 0 Å². The fourth-order valence-electron chi connectivity index (χ4n) is 2.83. The summed E-state index contributed by atoms with van der Waals surface area (Å²) in [7, 11) is 0. The first-order valence-electron chi connectivity index (χ1n) is 5.14. The Balaban J connectivity index is 2.36. The lowest BCUT2D eigenvalue weighted by Crippen LogP contribution is -2.14. The van der Waals surface area contributed by atoms with Crippen LogP contribution < -0.4 is 0 Å². The zero-order valence-electron chi connectivity index (χ0n) is 7.98. The van der Waals surface area contributed by atoms with Crippen molar-refractivity contribution in [1.82, 2.24) is 0 Å². The number of aromatic hydroxyl groups is 1. The number of phenols is 1. The third kappa shape index (κ3) is 0.775. The van der Waals surface area contributed by atoms with Crippen molar-refractivity contribution in [3.63, 3.8) is 0 Å². The van der Waals surface area contributed by atoms with Gasteiger partial charge in [0.05, 0.1) is 0 Å². The highest BCUT2D eigenvalue weighted by Crippen LogP contribution is 2.42. The topological polar surface area (TPSA) is 20.2 Å². The highest BCUT2D eigenvalue weighted by Gasteiger charge is 2.28. The Morgan fingerprint density at radius 3 is 2.15 bits per heavy atom. The molecule has 0 bridgehead atoms. The Morgan fingerprint density at radius 1 is 0.846 bits per heavy atom. The molecule has 0 atom stereocenters. The van der Waals surface area contributed by atoms with Crippen molar-refractivity contribution in [3.05, 3.63) is 27.8 Å². The van der Waals surface area contributed by atoms with Crippen molar-refractivity contribution >= 4 is 0 Å². The second kappa shape index (κ2) is 2.28. The van der Waals surface area contributed by atoms with Crippen LogP contribution in [0.2, 0.25) is 0 Å². The number of rotatable bonds is 0. The highest BCUT2D eigenvalue weighted by atomic mass is 16.3. The average Bonchev–Trinajstić information content (AvgIpc) is 2.48. The maximum atomic E-state index is 9.96. The van der Waals surface area contributed by atoms with Crippen molar-refractivity contribution in [2.45, 2.75) is 39.0 Å². The molecule has 0 saturated carbocycles. The van der Waals surface area contributed by atoms with Crippen LogP contribution in [0.25, 0.3) is 0 Å². The quantitative estimate of drug-likeness (QED) is 0.639. The van der Waals surface area contributed by atoms with Crippen LogP contribution in [0, 0.1) is 6.92 Å². The van der Waals surface area contributed by atoms with Gasteiger partial charge in [-0.25, -0.2) is 0 Å². The third-order valence-electron chi connectivity index (χ3n) is 3.67. The lowest BCUT2D eigenvalue weighted by Gasteiger charge is -2.26. The predicted molar refractivity (Wildman–Crippen MR) is 52.3 cm³/mol. The van der Waals surface area contributed by atoms with Gasteiger partial charge in [-0.05, 0) is 66.8 Å². The Kier molecular flexibility index (Phi) is 1.30. The summed E-state index contributed by atoms with van der Waals surface area (Å²) in [5.74, 6) is 0.603. The zero-order valence-corrected chi connectivity index (χ0v) is 7.98. The maximum Gasteiger partial charge on any atom is 0.122 e. The van der Waals surface area contributed by atoms with Crippen LogP contribution in [0.3, 0.4) is 0 Å². The van der Waals surface area contributed by atoms with E-state index in [0.29, 0.717) is 5.75 Å². The molecule has 1 aromatic carbocycles. The summed E-state index contributed by atoms with van der Waals surface area (Å²) in [5.41, 5.74) is 6.92. The maximum absolute atomic E-state index is 9.96. The molecule has 2 aliphatic carbocycles. The predicted octanol–water partition coefficient (Wildman–Crippen LogP) is 2.29. The summed E-state index contributed by atoms with van der Waals surface area (Å²) in [5, 5.41) is 9.96. The summed E-state index contributed by atoms with van der Waals surface area (Å²) in [6, 6.07) is 0. The second-order valence-electron chi connectivity index (χ2n) is 4.24. The van der Waals surface area contributed by atoms with E-state index in [4.69, 9.17) is 0 Å². The minimum atomic E-state index is 0.603. The average molecular weight is 174 g/mol. The van der Waals surface area contributed by atoms with E-state index in [1.807, 2.05) is 0 Å². The molecule has 2 aliphatic rings. The molecule has 68 valence electrons. The molecule has 0 radical (unpaired) electrons. The van der Waals surface area contributed by atoms with Gasteiger partial charge in [-0.15, -0.1) is 0 Å². The molecule has 0 aromatic heterocycles. The van der Waals surface area contributed by atoms with Gasteiger partial charge in [-0.1, -0.05) is 0 Å². The number of hydrogen-bond donors (Lipinski definition) is 1. The second-order valence-corrected chi connectivity index (χ2v) is 4.24. The van der Waals surface area contributed by atoms with Crippen molar-refractivity contribution in [3.8, 4) is 5.75 Å². The van der Waals surface area contributed by atoms with Crippen molar-refractivity contribution in [2.75, 3.05) is 0 Å². The van der Waals surface area contributed by atoms with Crippen LogP contribution in [0.5, 0.6) is 5.75 Å². The molecule has 13 heavy (non-hydrogen) atoms. The molecule has 1 nitrogen and oxygen atoms in total. The van der Waals surface area contributed by atoms with Crippen LogP contribution >= 0.6 is 0 Å². The fraction of sp³-hybridized carbons (Fsp3) is 0.500. The Hall–Kier alpha value is -0.980. The van der Waals surface area contributed by atoms with Crippen molar-refractivity contribution in [2.24, 2.45) is 0 Å². The Bertz CT molecular complexity index is 368. The van der Waals surface area contributed by atoms with Crippen LogP contribution in [-0.2, 0) is 25.7 Å². The van der Waals surface area contributed by atoms with E-state index in [1.54, 1.807) is 5.56 Å². The van der Waals surface area contributed by atoms with Gasteiger partial charge in [0.1, 0.15) is 5.75 Å². The summed E-state index contributed by atoms with van der Waals surface area (Å²) < 4.78 is 0. The normalized spacial score (nSPS) is 17.9. The van der Waals surface area contributed by atoms with Gasteiger partial charge in [0.2, 0.25) is 0 Å². The van der Waals surface area contributed by atoms with E-state index in [9.17, 15) is 5.11 Å². The minimum absolute atomic E-state index is 0.603. The van der Waals surface area contributed by atoms with E-state index < -0.39 is 0 Å². The van der Waals surface area contributed by atoms with Crippen molar-refractivity contribution in [1.29, 1.82) is 0 Å². The van der Waals surface area contributed by atoms with Gasteiger partial charge in [0.15, 0.2) is 0 Å². The summed E-state index contributed by atoms with van der Waals surface area (Å²) in [6.07, 6.45) is 5.96. The number of fused-ring (bicyclic) bond motifs is 3. The fourth-order valence-corrected chi connectivity index (χ4v) is 2.83. The molecule has 0 saturated heterocycles. The minimum Gasteiger partial charge on any atom is -0.507 e. The molecule has 1 heteroatoms. The molecule has 0 spiro atoms. The van der Waals surface area contributed by atoms with Gasteiger partial charge in [-0.2, -0.15) is 0 Å². The highest BCUT2D eigenvalue weighted by molar-refractivity contribution is 5.59. The van der Waals surface area contributed by atoms with Gasteiger partial charge in [0, 0.05) is 0 Å². The Labute approximate surface area is 78.4 Å². The molecule has 0 aliphatic heterocycles. The first kappa shape index (κ1) is 7.43. The molecule has 0 amide bonds. The van der Waals surface area contributed by atoms with Crippen LogP contribution in [0.1, 0.15) is 34.2 Å². The largest absolute Gasteiger partial charge is 0.507 e. The molecule has 3 rings (SSSR count). The third-order valence-corrected chi connectivity index (χ3v) is 3.67. The van der Waals surface area contributed by atoms with E-state index in [2.05, 4.69) is 6.92 Å². The zero-order chi connectivity index (χ0) is 9.00. The molecule has 1 aromatic rings. The Morgan fingerprint density at radius 2 is 1.46 bits per heavy atom. The number of benzene rings is 1. The smallest absolute Gasteiger partial charge is 0.122 e. The molecule has 0 heterocycles. The SMILES string of the molecule is Cc1c(O)c2c(c3c1CC3)CCC2. The summed E-state index contributed by atoms with van der Waals surface area (Å²) in [6.45, 7) is 2.06. The number of phenolic OH excluding ortho intramolecular Hbond substituents is 1. The standard InChI is InChI=1S/C12H14O/c1-7-8-5-6-10(8)9-3-2-4-11(9)12(7)13/h13H,2-6H2,1H3. The van der Waals surface area contributed by atoms with E-state index in [0.717, 1.165) is 12.0 Å². The lowest BCUT2D eigenvalue weighted by molar-refractivity contribution is 0.462.